The van der Waals surface area contributed by atoms with Crippen molar-refractivity contribution in [2.45, 2.75) is 38.6 Å². The third-order valence-corrected chi connectivity index (χ3v) is 3.25. The highest BCUT2D eigenvalue weighted by molar-refractivity contribution is 4.90. The first-order chi connectivity index (χ1) is 4.88. The summed E-state index contributed by atoms with van der Waals surface area (Å²) in [5.41, 5.74) is 0. The van der Waals surface area contributed by atoms with Crippen LogP contribution >= 0.6 is 0 Å². The van der Waals surface area contributed by atoms with Crippen molar-refractivity contribution < 1.29 is 0 Å². The van der Waals surface area contributed by atoms with Crippen LogP contribution in [-0.4, -0.2) is 12.6 Å². The SMILES string of the molecule is C[C@@H]1CCC[C@@H]2CCN[C@H]21. The number of hydrogen-bond donors (Lipinski definition) is 1. The highest BCUT2D eigenvalue weighted by Crippen LogP contribution is 2.33. The van der Waals surface area contributed by atoms with E-state index in [1.807, 2.05) is 0 Å². The van der Waals surface area contributed by atoms with E-state index in [2.05, 4.69) is 12.2 Å². The van der Waals surface area contributed by atoms with Gasteiger partial charge in [-0.3, -0.25) is 0 Å². The molecule has 0 radical (unpaired) electrons. The van der Waals surface area contributed by atoms with Gasteiger partial charge in [-0.25, -0.2) is 0 Å². The number of rotatable bonds is 0. The second kappa shape index (κ2) is 2.54. The van der Waals surface area contributed by atoms with Gasteiger partial charge in [0.05, 0.1) is 0 Å². The summed E-state index contributed by atoms with van der Waals surface area (Å²) in [6.45, 7) is 3.68. The Morgan fingerprint density at radius 1 is 1.20 bits per heavy atom. The smallest absolute Gasteiger partial charge is 0.0121 e. The molecule has 1 aliphatic carbocycles. The van der Waals surface area contributed by atoms with Gasteiger partial charge in [-0.15, -0.1) is 0 Å². The molecule has 1 N–H and O–H groups in total. The quantitative estimate of drug-likeness (QED) is 0.539. The molecule has 58 valence electrons. The van der Waals surface area contributed by atoms with E-state index in [4.69, 9.17) is 0 Å². The average Bonchev–Trinajstić information content (AvgIpc) is 2.36. The zero-order valence-electron chi connectivity index (χ0n) is 6.77. The van der Waals surface area contributed by atoms with Crippen molar-refractivity contribution in [3.8, 4) is 0 Å². The Kier molecular flexibility index (Phi) is 1.69. The van der Waals surface area contributed by atoms with Crippen LogP contribution in [0.3, 0.4) is 0 Å². The Morgan fingerprint density at radius 3 is 2.90 bits per heavy atom. The molecule has 0 aromatic carbocycles. The molecule has 0 aromatic rings. The van der Waals surface area contributed by atoms with Crippen LogP contribution in [0.2, 0.25) is 0 Å². The maximum Gasteiger partial charge on any atom is 0.0121 e. The fraction of sp³-hybridized carbons (Fsp3) is 1.00. The predicted octanol–water partition coefficient (Wildman–Crippen LogP) is 1.78. The molecule has 0 unspecified atom stereocenters. The van der Waals surface area contributed by atoms with Crippen molar-refractivity contribution in [1.82, 2.24) is 5.32 Å². The van der Waals surface area contributed by atoms with Crippen molar-refractivity contribution in [3.63, 3.8) is 0 Å². The molecular formula is C9H17N. The molecule has 2 aliphatic rings. The molecule has 1 aliphatic heterocycles. The van der Waals surface area contributed by atoms with Crippen LogP contribution in [0.1, 0.15) is 32.6 Å². The van der Waals surface area contributed by atoms with Gasteiger partial charge in [0.15, 0.2) is 0 Å². The molecule has 2 fully saturated rings. The molecule has 1 nitrogen and oxygen atoms in total. The van der Waals surface area contributed by atoms with Gasteiger partial charge in [0, 0.05) is 6.04 Å². The van der Waals surface area contributed by atoms with E-state index in [1.54, 1.807) is 0 Å². The monoisotopic (exact) mass is 139 g/mol. The molecule has 0 bridgehead atoms. The molecule has 0 spiro atoms. The van der Waals surface area contributed by atoms with E-state index in [0.717, 1.165) is 17.9 Å². The summed E-state index contributed by atoms with van der Waals surface area (Å²) in [5, 5.41) is 3.61. The van der Waals surface area contributed by atoms with E-state index < -0.39 is 0 Å². The molecule has 10 heavy (non-hydrogen) atoms. The van der Waals surface area contributed by atoms with Crippen LogP contribution in [0, 0.1) is 11.8 Å². The van der Waals surface area contributed by atoms with E-state index in [-0.39, 0.29) is 0 Å². The minimum Gasteiger partial charge on any atom is -0.313 e. The topological polar surface area (TPSA) is 12.0 Å². The van der Waals surface area contributed by atoms with E-state index in [9.17, 15) is 0 Å². The van der Waals surface area contributed by atoms with Crippen molar-refractivity contribution >= 4 is 0 Å². The standard InChI is InChI=1S/C9H17N/c1-7-3-2-4-8-5-6-10-9(7)8/h7-10H,2-6H2,1H3/t7-,8-,9+/m1/s1. The van der Waals surface area contributed by atoms with Crippen molar-refractivity contribution in [1.29, 1.82) is 0 Å². The largest absolute Gasteiger partial charge is 0.313 e. The van der Waals surface area contributed by atoms with Gasteiger partial charge >= 0.3 is 0 Å². The highest BCUT2D eigenvalue weighted by atomic mass is 15.0. The van der Waals surface area contributed by atoms with Crippen LogP contribution in [0.5, 0.6) is 0 Å². The van der Waals surface area contributed by atoms with Crippen LogP contribution in [-0.2, 0) is 0 Å². The summed E-state index contributed by atoms with van der Waals surface area (Å²) in [6, 6.07) is 0.883. The summed E-state index contributed by atoms with van der Waals surface area (Å²) in [6.07, 6.45) is 5.86. The predicted molar refractivity (Wildman–Crippen MR) is 42.9 cm³/mol. The maximum absolute atomic E-state index is 3.61. The van der Waals surface area contributed by atoms with Crippen LogP contribution < -0.4 is 5.32 Å². The minimum absolute atomic E-state index is 0.883. The van der Waals surface area contributed by atoms with Crippen molar-refractivity contribution in [3.05, 3.63) is 0 Å². The normalized spacial score (nSPS) is 47.1. The summed E-state index contributed by atoms with van der Waals surface area (Å²) >= 11 is 0. The van der Waals surface area contributed by atoms with Crippen LogP contribution in [0.25, 0.3) is 0 Å². The average molecular weight is 139 g/mol. The van der Waals surface area contributed by atoms with Crippen LogP contribution in [0.4, 0.5) is 0 Å². The van der Waals surface area contributed by atoms with E-state index >= 15 is 0 Å². The van der Waals surface area contributed by atoms with Crippen LogP contribution in [0.15, 0.2) is 0 Å². The molecule has 2 rings (SSSR count). The summed E-state index contributed by atoms with van der Waals surface area (Å²) < 4.78 is 0. The summed E-state index contributed by atoms with van der Waals surface area (Å²) in [4.78, 5) is 0. The molecule has 3 atom stereocenters. The van der Waals surface area contributed by atoms with Gasteiger partial charge in [0.2, 0.25) is 0 Å². The third-order valence-electron chi connectivity index (χ3n) is 3.25. The molecule has 0 aromatic heterocycles. The molecule has 0 amide bonds. The first kappa shape index (κ1) is 6.66. The lowest BCUT2D eigenvalue weighted by Gasteiger charge is -2.30. The first-order valence-corrected chi connectivity index (χ1v) is 4.61. The fourth-order valence-corrected chi connectivity index (χ4v) is 2.65. The minimum atomic E-state index is 0.883. The second-order valence-electron chi connectivity index (χ2n) is 3.94. The number of nitrogens with one attached hydrogen (secondary N) is 1. The zero-order chi connectivity index (χ0) is 6.97. The van der Waals surface area contributed by atoms with Crippen molar-refractivity contribution in [2.24, 2.45) is 11.8 Å². The van der Waals surface area contributed by atoms with Gasteiger partial charge in [-0.1, -0.05) is 13.3 Å². The van der Waals surface area contributed by atoms with Gasteiger partial charge in [0.1, 0.15) is 0 Å². The molecule has 1 heterocycles. The number of hydrogen-bond acceptors (Lipinski definition) is 1. The Bertz CT molecular complexity index is 122. The van der Waals surface area contributed by atoms with Gasteiger partial charge in [-0.2, -0.15) is 0 Å². The van der Waals surface area contributed by atoms with E-state index in [1.165, 1.54) is 32.2 Å². The molecule has 1 saturated heterocycles. The lowest BCUT2D eigenvalue weighted by molar-refractivity contribution is 0.245. The van der Waals surface area contributed by atoms with Gasteiger partial charge in [0.25, 0.3) is 0 Å². The first-order valence-electron chi connectivity index (χ1n) is 4.61. The Hall–Kier alpha value is -0.0400. The highest BCUT2D eigenvalue weighted by Gasteiger charge is 2.33. The Labute approximate surface area is 63.2 Å². The van der Waals surface area contributed by atoms with E-state index in [0.29, 0.717) is 0 Å². The Balaban J connectivity index is 2.03. The fourth-order valence-electron chi connectivity index (χ4n) is 2.65. The maximum atomic E-state index is 3.61. The summed E-state index contributed by atoms with van der Waals surface area (Å²) in [5.74, 6) is 1.98. The molecular weight excluding hydrogens is 122 g/mol. The molecule has 1 saturated carbocycles. The number of fused-ring (bicyclic) bond motifs is 1. The van der Waals surface area contributed by atoms with Gasteiger partial charge in [-0.05, 0) is 37.6 Å². The lowest BCUT2D eigenvalue weighted by atomic mass is 9.79. The Morgan fingerprint density at radius 2 is 2.10 bits per heavy atom. The second-order valence-corrected chi connectivity index (χ2v) is 3.94. The molecule has 1 heteroatoms. The van der Waals surface area contributed by atoms with Crippen molar-refractivity contribution in [2.75, 3.05) is 6.54 Å². The zero-order valence-corrected chi connectivity index (χ0v) is 6.77. The summed E-state index contributed by atoms with van der Waals surface area (Å²) in [7, 11) is 0. The lowest BCUT2D eigenvalue weighted by Crippen LogP contribution is -2.36. The third kappa shape index (κ3) is 0.968. The van der Waals surface area contributed by atoms with Gasteiger partial charge < -0.3 is 5.32 Å².